The van der Waals surface area contributed by atoms with E-state index in [2.05, 4.69) is 11.8 Å². The van der Waals surface area contributed by atoms with Crippen molar-refractivity contribution in [2.24, 2.45) is 0 Å². The lowest BCUT2D eigenvalue weighted by atomic mass is 10.1. The third-order valence-corrected chi connectivity index (χ3v) is 4.03. The van der Waals surface area contributed by atoms with Gasteiger partial charge in [0.15, 0.2) is 0 Å². The first-order valence-electron chi connectivity index (χ1n) is 7.74. The molecule has 2 rings (SSSR count). The van der Waals surface area contributed by atoms with E-state index in [1.807, 2.05) is 0 Å². The summed E-state index contributed by atoms with van der Waals surface area (Å²) in [5.41, 5.74) is 0.801. The number of benzene rings is 1. The third kappa shape index (κ3) is 5.14. The van der Waals surface area contributed by atoms with Crippen LogP contribution in [0.15, 0.2) is 18.2 Å². The minimum absolute atomic E-state index is 0. The van der Waals surface area contributed by atoms with E-state index >= 15 is 0 Å². The second-order valence-electron chi connectivity index (χ2n) is 5.72. The molecule has 6 heteroatoms. The van der Waals surface area contributed by atoms with E-state index in [9.17, 15) is 10.1 Å². The van der Waals surface area contributed by atoms with Gasteiger partial charge in [0.05, 0.1) is 4.92 Å². The number of nitro benzene ring substituents is 1. The van der Waals surface area contributed by atoms with Gasteiger partial charge in [0.25, 0.3) is 5.69 Å². The molecule has 0 aromatic heterocycles. The summed E-state index contributed by atoms with van der Waals surface area (Å²) in [6.07, 6.45) is 4.77. The number of ether oxygens (including phenoxy) is 1. The van der Waals surface area contributed by atoms with Crippen molar-refractivity contribution in [2.75, 3.05) is 19.6 Å². The Hall–Kier alpha value is -1.33. The summed E-state index contributed by atoms with van der Waals surface area (Å²) in [5.74, 6) is 0.741. The molecule has 0 saturated carbocycles. The summed E-state index contributed by atoms with van der Waals surface area (Å²) >= 11 is 0. The predicted molar refractivity (Wildman–Crippen MR) is 90.1 cm³/mol. The molecule has 0 atom stereocenters. The predicted octanol–water partition coefficient (Wildman–Crippen LogP) is 3.97. The van der Waals surface area contributed by atoms with Crippen molar-refractivity contribution in [1.29, 1.82) is 0 Å². The fourth-order valence-corrected chi connectivity index (χ4v) is 2.73. The first-order valence-corrected chi connectivity index (χ1v) is 7.74. The number of unbranched alkanes of at least 4 members (excludes halogenated alkanes) is 1. The zero-order valence-electron chi connectivity index (χ0n) is 13.3. The van der Waals surface area contributed by atoms with Crippen LogP contribution in [0.1, 0.15) is 38.2 Å². The van der Waals surface area contributed by atoms with Crippen LogP contribution in [0.2, 0.25) is 0 Å². The maximum Gasteiger partial charge on any atom is 0.272 e. The first-order chi connectivity index (χ1) is 10.1. The van der Waals surface area contributed by atoms with E-state index in [-0.39, 0.29) is 29.1 Å². The van der Waals surface area contributed by atoms with Crippen LogP contribution in [0.5, 0.6) is 5.75 Å². The molecule has 0 unspecified atom stereocenters. The molecule has 5 nitrogen and oxygen atoms in total. The van der Waals surface area contributed by atoms with Crippen LogP contribution in [-0.4, -0.2) is 35.6 Å². The topological polar surface area (TPSA) is 55.6 Å². The van der Waals surface area contributed by atoms with Crippen molar-refractivity contribution in [1.82, 2.24) is 4.90 Å². The van der Waals surface area contributed by atoms with E-state index in [1.54, 1.807) is 19.1 Å². The molecule has 1 fully saturated rings. The number of aryl methyl sites for hydroxylation is 1. The zero-order valence-corrected chi connectivity index (χ0v) is 14.1. The van der Waals surface area contributed by atoms with Gasteiger partial charge in [-0.2, -0.15) is 0 Å². The highest BCUT2D eigenvalue weighted by Crippen LogP contribution is 2.25. The molecular weight excluding hydrogens is 304 g/mol. The van der Waals surface area contributed by atoms with Gasteiger partial charge < -0.3 is 9.64 Å². The summed E-state index contributed by atoms with van der Waals surface area (Å²) in [6.45, 7) is 7.30. The largest absolute Gasteiger partial charge is 0.490 e. The summed E-state index contributed by atoms with van der Waals surface area (Å²) in [7, 11) is 0. The fraction of sp³-hybridized carbons (Fsp3) is 0.625. The maximum absolute atomic E-state index is 10.8. The average molecular weight is 329 g/mol. The van der Waals surface area contributed by atoms with Crippen LogP contribution < -0.4 is 4.74 Å². The van der Waals surface area contributed by atoms with Crippen LogP contribution in [0.3, 0.4) is 0 Å². The van der Waals surface area contributed by atoms with Gasteiger partial charge in [0.1, 0.15) is 11.9 Å². The van der Waals surface area contributed by atoms with E-state index in [0.717, 1.165) is 31.7 Å². The maximum atomic E-state index is 10.8. The molecule has 1 aliphatic heterocycles. The molecule has 1 saturated heterocycles. The van der Waals surface area contributed by atoms with Crippen molar-refractivity contribution in [3.63, 3.8) is 0 Å². The highest BCUT2D eigenvalue weighted by molar-refractivity contribution is 5.85. The number of likely N-dealkylation sites (tertiary alicyclic amines) is 1. The highest BCUT2D eigenvalue weighted by Gasteiger charge is 2.20. The van der Waals surface area contributed by atoms with Gasteiger partial charge in [-0.3, -0.25) is 10.1 Å². The van der Waals surface area contributed by atoms with Gasteiger partial charge in [-0.15, -0.1) is 12.4 Å². The Morgan fingerprint density at radius 3 is 2.59 bits per heavy atom. The summed E-state index contributed by atoms with van der Waals surface area (Å²) in [5, 5.41) is 10.8. The number of rotatable bonds is 6. The van der Waals surface area contributed by atoms with Gasteiger partial charge in [0, 0.05) is 24.7 Å². The highest BCUT2D eigenvalue weighted by atomic mass is 35.5. The molecule has 124 valence electrons. The molecular formula is C16H25ClN2O3. The van der Waals surface area contributed by atoms with E-state index in [0.29, 0.717) is 5.56 Å². The van der Waals surface area contributed by atoms with Crippen molar-refractivity contribution in [3.8, 4) is 5.75 Å². The van der Waals surface area contributed by atoms with Crippen molar-refractivity contribution in [3.05, 3.63) is 33.9 Å². The minimum atomic E-state index is -0.356. The lowest BCUT2D eigenvalue weighted by Gasteiger charge is -2.32. The SMILES string of the molecule is CCCCN1CCC(Oc2ccc([N+](=O)[O-])c(C)c2)CC1.Cl. The van der Waals surface area contributed by atoms with E-state index in [1.165, 1.54) is 25.5 Å². The summed E-state index contributed by atoms with van der Waals surface area (Å²) < 4.78 is 5.97. The number of halogens is 1. The molecule has 1 aliphatic rings. The Morgan fingerprint density at radius 2 is 2.05 bits per heavy atom. The molecule has 22 heavy (non-hydrogen) atoms. The average Bonchev–Trinajstić information content (AvgIpc) is 2.46. The number of piperidine rings is 1. The Morgan fingerprint density at radius 1 is 1.36 bits per heavy atom. The second kappa shape index (κ2) is 8.96. The van der Waals surface area contributed by atoms with Crippen LogP contribution in [0.25, 0.3) is 0 Å². The minimum Gasteiger partial charge on any atom is -0.490 e. The molecule has 0 spiro atoms. The number of hydrogen-bond acceptors (Lipinski definition) is 4. The van der Waals surface area contributed by atoms with Crippen LogP contribution in [0.4, 0.5) is 5.69 Å². The Labute approximate surface area is 138 Å². The fourth-order valence-electron chi connectivity index (χ4n) is 2.73. The molecule has 1 aromatic carbocycles. The van der Waals surface area contributed by atoms with E-state index in [4.69, 9.17) is 4.74 Å². The van der Waals surface area contributed by atoms with Gasteiger partial charge in [0.2, 0.25) is 0 Å². The van der Waals surface area contributed by atoms with Crippen molar-refractivity contribution < 1.29 is 9.66 Å². The van der Waals surface area contributed by atoms with E-state index < -0.39 is 0 Å². The number of nitro groups is 1. The quantitative estimate of drug-likeness (QED) is 0.585. The lowest BCUT2D eigenvalue weighted by molar-refractivity contribution is -0.385. The van der Waals surface area contributed by atoms with Crippen molar-refractivity contribution >= 4 is 18.1 Å². The first kappa shape index (κ1) is 18.7. The van der Waals surface area contributed by atoms with Gasteiger partial charge in [-0.1, -0.05) is 13.3 Å². The van der Waals surface area contributed by atoms with Gasteiger partial charge in [-0.05, 0) is 44.9 Å². The number of nitrogens with zero attached hydrogens (tertiary/aromatic N) is 2. The van der Waals surface area contributed by atoms with Crippen molar-refractivity contribution in [2.45, 2.75) is 45.6 Å². The van der Waals surface area contributed by atoms with Crippen LogP contribution >= 0.6 is 12.4 Å². The second-order valence-corrected chi connectivity index (χ2v) is 5.72. The van der Waals surface area contributed by atoms with Gasteiger partial charge >= 0.3 is 0 Å². The van der Waals surface area contributed by atoms with Gasteiger partial charge in [-0.25, -0.2) is 0 Å². The number of hydrogen-bond donors (Lipinski definition) is 0. The van der Waals surface area contributed by atoms with Crippen LogP contribution in [0, 0.1) is 17.0 Å². The summed E-state index contributed by atoms with van der Waals surface area (Å²) in [6, 6.07) is 5.00. The lowest BCUT2D eigenvalue weighted by Crippen LogP contribution is -2.38. The Bertz CT molecular complexity index is 488. The molecule has 0 aliphatic carbocycles. The smallest absolute Gasteiger partial charge is 0.272 e. The Balaban J connectivity index is 0.00000242. The van der Waals surface area contributed by atoms with Crippen LogP contribution in [-0.2, 0) is 0 Å². The standard InChI is InChI=1S/C16H24N2O3.ClH/c1-3-4-9-17-10-7-14(8-11-17)21-15-5-6-16(18(19)20)13(2)12-15;/h5-6,12,14H,3-4,7-11H2,1-2H3;1H. The molecule has 1 heterocycles. The summed E-state index contributed by atoms with van der Waals surface area (Å²) in [4.78, 5) is 12.9. The molecule has 0 radical (unpaired) electrons. The zero-order chi connectivity index (χ0) is 15.2. The normalized spacial score (nSPS) is 16.1. The Kier molecular flexibility index (Phi) is 7.62. The third-order valence-electron chi connectivity index (χ3n) is 4.03. The molecule has 1 aromatic rings. The molecule has 0 N–H and O–H groups in total. The molecule has 0 bridgehead atoms. The molecule has 0 amide bonds. The monoisotopic (exact) mass is 328 g/mol.